The van der Waals surface area contributed by atoms with Gasteiger partial charge in [0.25, 0.3) is 0 Å². The van der Waals surface area contributed by atoms with Crippen LogP contribution in [0.1, 0.15) is 44.7 Å². The van der Waals surface area contributed by atoms with Crippen LogP contribution in [0.2, 0.25) is 0 Å². The van der Waals surface area contributed by atoms with E-state index in [0.29, 0.717) is 10.9 Å². The van der Waals surface area contributed by atoms with Gasteiger partial charge < -0.3 is 5.32 Å². The standard InChI is InChI=1S/C16H26N2O2S/c1-12-6-5-7-16(12)17-13(2)14-8-10-15(11-9-14)21(19,20)18(3)4/h8-13,16-17H,5-7H2,1-4H3. The minimum atomic E-state index is -3.34. The second kappa shape index (κ2) is 6.46. The second-order valence-corrected chi connectivity index (χ2v) is 8.41. The van der Waals surface area contributed by atoms with Crippen molar-refractivity contribution in [3.63, 3.8) is 0 Å². The summed E-state index contributed by atoms with van der Waals surface area (Å²) in [5, 5.41) is 3.67. The molecule has 0 saturated heterocycles. The van der Waals surface area contributed by atoms with Gasteiger partial charge in [0.2, 0.25) is 10.0 Å². The molecule has 0 amide bonds. The molecule has 0 aromatic heterocycles. The van der Waals surface area contributed by atoms with Crippen molar-refractivity contribution in [2.24, 2.45) is 5.92 Å². The summed E-state index contributed by atoms with van der Waals surface area (Å²) in [7, 11) is -0.237. The molecule has 0 heterocycles. The van der Waals surface area contributed by atoms with Gasteiger partial charge in [-0.05, 0) is 43.4 Å². The highest BCUT2D eigenvalue weighted by molar-refractivity contribution is 7.89. The lowest BCUT2D eigenvalue weighted by Gasteiger charge is -2.23. The highest BCUT2D eigenvalue weighted by Gasteiger charge is 2.25. The lowest BCUT2D eigenvalue weighted by molar-refractivity contribution is 0.388. The molecular weight excluding hydrogens is 284 g/mol. The summed E-state index contributed by atoms with van der Waals surface area (Å²) >= 11 is 0. The molecule has 1 aliphatic carbocycles. The summed E-state index contributed by atoms with van der Waals surface area (Å²) in [6.07, 6.45) is 3.83. The van der Waals surface area contributed by atoms with E-state index in [1.54, 1.807) is 26.2 Å². The van der Waals surface area contributed by atoms with Crippen molar-refractivity contribution >= 4 is 10.0 Å². The Morgan fingerprint density at radius 1 is 1.19 bits per heavy atom. The van der Waals surface area contributed by atoms with Crippen LogP contribution >= 0.6 is 0 Å². The second-order valence-electron chi connectivity index (χ2n) is 6.26. The molecule has 1 aliphatic rings. The molecule has 118 valence electrons. The maximum atomic E-state index is 12.0. The quantitative estimate of drug-likeness (QED) is 0.910. The van der Waals surface area contributed by atoms with Crippen LogP contribution in [0.15, 0.2) is 29.2 Å². The summed E-state index contributed by atoms with van der Waals surface area (Å²) in [4.78, 5) is 0.345. The van der Waals surface area contributed by atoms with Gasteiger partial charge in [-0.1, -0.05) is 25.5 Å². The van der Waals surface area contributed by atoms with E-state index >= 15 is 0 Å². The van der Waals surface area contributed by atoms with E-state index in [2.05, 4.69) is 19.2 Å². The van der Waals surface area contributed by atoms with Gasteiger partial charge >= 0.3 is 0 Å². The minimum Gasteiger partial charge on any atom is -0.307 e. The SMILES string of the molecule is CC(NC1CCCC1C)c1ccc(S(=O)(=O)N(C)C)cc1. The van der Waals surface area contributed by atoms with Gasteiger partial charge in [0.1, 0.15) is 0 Å². The van der Waals surface area contributed by atoms with Crippen molar-refractivity contribution in [1.82, 2.24) is 9.62 Å². The molecule has 21 heavy (non-hydrogen) atoms. The molecule has 0 bridgehead atoms. The van der Waals surface area contributed by atoms with E-state index in [-0.39, 0.29) is 6.04 Å². The van der Waals surface area contributed by atoms with E-state index in [0.717, 1.165) is 11.5 Å². The third-order valence-electron chi connectivity index (χ3n) is 4.48. The molecule has 4 nitrogen and oxygen atoms in total. The molecule has 3 unspecified atom stereocenters. The molecule has 1 aromatic carbocycles. The van der Waals surface area contributed by atoms with Crippen LogP contribution < -0.4 is 5.32 Å². The Kier molecular flexibility index (Phi) is 5.07. The molecule has 1 N–H and O–H groups in total. The fraction of sp³-hybridized carbons (Fsp3) is 0.625. The first-order valence-corrected chi connectivity index (χ1v) is 9.05. The van der Waals surface area contributed by atoms with Crippen LogP contribution in [0.25, 0.3) is 0 Å². The molecule has 0 aliphatic heterocycles. The summed E-state index contributed by atoms with van der Waals surface area (Å²) in [6.45, 7) is 4.44. The van der Waals surface area contributed by atoms with Crippen molar-refractivity contribution in [3.05, 3.63) is 29.8 Å². The number of rotatable bonds is 5. The predicted octanol–water partition coefficient (Wildman–Crippen LogP) is 2.78. The van der Waals surface area contributed by atoms with Crippen molar-refractivity contribution in [1.29, 1.82) is 0 Å². The van der Waals surface area contributed by atoms with Crippen LogP contribution in [0, 0.1) is 5.92 Å². The van der Waals surface area contributed by atoms with Crippen LogP contribution in [-0.2, 0) is 10.0 Å². The normalized spacial score (nSPS) is 24.4. The third kappa shape index (κ3) is 3.65. The number of hydrogen-bond acceptors (Lipinski definition) is 3. The van der Waals surface area contributed by atoms with E-state index in [4.69, 9.17) is 0 Å². The molecule has 0 spiro atoms. The summed E-state index contributed by atoms with van der Waals surface area (Å²) in [5.41, 5.74) is 1.13. The minimum absolute atomic E-state index is 0.242. The molecule has 1 saturated carbocycles. The highest BCUT2D eigenvalue weighted by Crippen LogP contribution is 2.27. The average Bonchev–Trinajstić information content (AvgIpc) is 2.84. The summed E-state index contributed by atoms with van der Waals surface area (Å²) < 4.78 is 25.3. The van der Waals surface area contributed by atoms with Gasteiger partial charge in [-0.2, -0.15) is 0 Å². The van der Waals surface area contributed by atoms with Crippen LogP contribution in [0.5, 0.6) is 0 Å². The van der Waals surface area contributed by atoms with Crippen LogP contribution in [0.3, 0.4) is 0 Å². The van der Waals surface area contributed by atoms with Gasteiger partial charge in [-0.25, -0.2) is 12.7 Å². The first-order chi connectivity index (χ1) is 9.82. The van der Waals surface area contributed by atoms with Gasteiger partial charge in [0, 0.05) is 26.2 Å². The van der Waals surface area contributed by atoms with Crippen molar-refractivity contribution in [2.45, 2.75) is 50.1 Å². The monoisotopic (exact) mass is 310 g/mol. The number of sulfonamides is 1. The van der Waals surface area contributed by atoms with Gasteiger partial charge in [-0.15, -0.1) is 0 Å². The first kappa shape index (κ1) is 16.5. The average molecular weight is 310 g/mol. The lowest BCUT2D eigenvalue weighted by Crippen LogP contribution is -2.33. The van der Waals surface area contributed by atoms with Crippen LogP contribution in [-0.4, -0.2) is 32.9 Å². The fourth-order valence-electron chi connectivity index (χ4n) is 2.95. The Labute approximate surface area is 128 Å². The van der Waals surface area contributed by atoms with Gasteiger partial charge in [-0.3, -0.25) is 0 Å². The Morgan fingerprint density at radius 2 is 1.81 bits per heavy atom. The number of hydrogen-bond donors (Lipinski definition) is 1. The smallest absolute Gasteiger partial charge is 0.242 e. The Morgan fingerprint density at radius 3 is 2.29 bits per heavy atom. The Bertz CT molecular complexity index is 566. The fourth-order valence-corrected chi connectivity index (χ4v) is 3.85. The van der Waals surface area contributed by atoms with E-state index < -0.39 is 10.0 Å². The zero-order valence-corrected chi connectivity index (χ0v) is 14.2. The highest BCUT2D eigenvalue weighted by atomic mass is 32.2. The van der Waals surface area contributed by atoms with Crippen molar-refractivity contribution in [3.8, 4) is 0 Å². The topological polar surface area (TPSA) is 49.4 Å². The first-order valence-electron chi connectivity index (χ1n) is 7.61. The number of benzene rings is 1. The van der Waals surface area contributed by atoms with E-state index in [1.807, 2.05) is 12.1 Å². The molecule has 3 atom stereocenters. The molecular formula is C16H26N2O2S. The van der Waals surface area contributed by atoms with Crippen molar-refractivity contribution in [2.75, 3.05) is 14.1 Å². The molecule has 5 heteroatoms. The number of nitrogens with zero attached hydrogens (tertiary/aromatic N) is 1. The maximum absolute atomic E-state index is 12.0. The molecule has 1 aromatic rings. The van der Waals surface area contributed by atoms with Crippen molar-refractivity contribution < 1.29 is 8.42 Å². The number of nitrogens with one attached hydrogen (secondary N) is 1. The van der Waals surface area contributed by atoms with Crippen LogP contribution in [0.4, 0.5) is 0 Å². The molecule has 1 fully saturated rings. The largest absolute Gasteiger partial charge is 0.307 e. The summed E-state index contributed by atoms with van der Waals surface area (Å²) in [6, 6.07) is 8.03. The lowest BCUT2D eigenvalue weighted by atomic mass is 10.0. The Hall–Kier alpha value is -0.910. The maximum Gasteiger partial charge on any atom is 0.242 e. The van der Waals surface area contributed by atoms with Gasteiger partial charge in [0.15, 0.2) is 0 Å². The molecule has 2 rings (SSSR count). The zero-order valence-electron chi connectivity index (χ0n) is 13.3. The zero-order chi connectivity index (χ0) is 15.6. The predicted molar refractivity (Wildman–Crippen MR) is 85.7 cm³/mol. The van der Waals surface area contributed by atoms with E-state index in [9.17, 15) is 8.42 Å². The third-order valence-corrected chi connectivity index (χ3v) is 6.31. The Balaban J connectivity index is 2.08. The summed E-state index contributed by atoms with van der Waals surface area (Å²) in [5.74, 6) is 0.723. The van der Waals surface area contributed by atoms with E-state index in [1.165, 1.54) is 23.6 Å². The van der Waals surface area contributed by atoms with Gasteiger partial charge in [0.05, 0.1) is 4.90 Å². The molecule has 0 radical (unpaired) electrons.